The number of benzene rings is 1. The molecule has 2 aromatic rings. The number of carbonyl (C=O) groups excluding carboxylic acids is 1. The maximum Gasteiger partial charge on any atom is 0.276 e. The van der Waals surface area contributed by atoms with E-state index in [0.717, 1.165) is 6.42 Å². The van der Waals surface area contributed by atoms with Gasteiger partial charge in [-0.05, 0) is 37.6 Å². The van der Waals surface area contributed by atoms with Gasteiger partial charge in [0, 0.05) is 6.04 Å². The van der Waals surface area contributed by atoms with E-state index < -0.39 is 17.2 Å². The molecule has 0 aliphatic heterocycles. The number of aromatic nitrogens is 2. The molecule has 6 nitrogen and oxygen atoms in total. The molecule has 1 aromatic carbocycles. The fourth-order valence-corrected chi connectivity index (χ4v) is 1.90. The molecular formula is C16H18FN3O3. The molecular weight excluding hydrogens is 301 g/mol. The standard InChI is InChI=1S/C16H18FN3O3/c1-4-10(2)18-16(22)15-13(21)9-14(23-3)20(19-15)12-7-5-11(17)6-8-12/h5-10H,4H2,1-3H3,(H,18,22)/t10-/m0/s1. The van der Waals surface area contributed by atoms with Gasteiger partial charge in [-0.1, -0.05) is 6.92 Å². The quantitative estimate of drug-likeness (QED) is 0.913. The Bertz CT molecular complexity index is 756. The van der Waals surface area contributed by atoms with Crippen molar-refractivity contribution in [1.82, 2.24) is 15.1 Å². The molecule has 0 radical (unpaired) electrons. The van der Waals surface area contributed by atoms with Gasteiger partial charge in [-0.15, -0.1) is 0 Å². The van der Waals surface area contributed by atoms with Crippen LogP contribution in [0.1, 0.15) is 30.8 Å². The van der Waals surface area contributed by atoms with Crippen LogP contribution in [-0.2, 0) is 0 Å². The zero-order valence-electron chi connectivity index (χ0n) is 13.2. The van der Waals surface area contributed by atoms with E-state index in [1.807, 2.05) is 13.8 Å². The first-order valence-electron chi connectivity index (χ1n) is 7.21. The summed E-state index contributed by atoms with van der Waals surface area (Å²) in [7, 11) is 1.38. The first kappa shape index (κ1) is 16.7. The van der Waals surface area contributed by atoms with Gasteiger partial charge in [0.15, 0.2) is 5.69 Å². The predicted molar refractivity (Wildman–Crippen MR) is 83.6 cm³/mol. The topological polar surface area (TPSA) is 73.2 Å². The average Bonchev–Trinajstić information content (AvgIpc) is 2.55. The molecule has 122 valence electrons. The zero-order valence-corrected chi connectivity index (χ0v) is 13.2. The van der Waals surface area contributed by atoms with Crippen LogP contribution < -0.4 is 15.5 Å². The molecule has 0 saturated heterocycles. The van der Waals surface area contributed by atoms with Crippen LogP contribution in [0.25, 0.3) is 5.69 Å². The summed E-state index contributed by atoms with van der Waals surface area (Å²) >= 11 is 0. The van der Waals surface area contributed by atoms with Gasteiger partial charge in [-0.3, -0.25) is 9.59 Å². The summed E-state index contributed by atoms with van der Waals surface area (Å²) in [5.41, 5.74) is -0.308. The highest BCUT2D eigenvalue weighted by Gasteiger charge is 2.18. The number of methoxy groups -OCH3 is 1. The van der Waals surface area contributed by atoms with Crippen LogP contribution in [0.2, 0.25) is 0 Å². The lowest BCUT2D eigenvalue weighted by atomic mass is 10.2. The summed E-state index contributed by atoms with van der Waals surface area (Å²) in [5, 5.41) is 6.77. The lowest BCUT2D eigenvalue weighted by Crippen LogP contribution is -2.36. The molecule has 1 heterocycles. The van der Waals surface area contributed by atoms with Crippen molar-refractivity contribution in [2.24, 2.45) is 0 Å². The van der Waals surface area contributed by atoms with Crippen molar-refractivity contribution in [2.45, 2.75) is 26.3 Å². The molecule has 7 heteroatoms. The molecule has 23 heavy (non-hydrogen) atoms. The van der Waals surface area contributed by atoms with Crippen molar-refractivity contribution >= 4 is 5.91 Å². The molecule has 1 amide bonds. The maximum atomic E-state index is 13.1. The minimum atomic E-state index is -0.553. The first-order valence-corrected chi connectivity index (χ1v) is 7.21. The molecule has 0 saturated carbocycles. The number of nitrogens with one attached hydrogen (secondary N) is 1. The molecule has 0 fully saturated rings. The Hall–Kier alpha value is -2.70. The van der Waals surface area contributed by atoms with Gasteiger partial charge < -0.3 is 10.1 Å². The smallest absolute Gasteiger partial charge is 0.276 e. The van der Waals surface area contributed by atoms with Gasteiger partial charge in [0.1, 0.15) is 5.82 Å². The van der Waals surface area contributed by atoms with Crippen molar-refractivity contribution in [2.75, 3.05) is 7.11 Å². The molecule has 1 aromatic heterocycles. The molecule has 0 aliphatic carbocycles. The van der Waals surface area contributed by atoms with Crippen molar-refractivity contribution in [1.29, 1.82) is 0 Å². The van der Waals surface area contributed by atoms with E-state index in [4.69, 9.17) is 4.74 Å². The van der Waals surface area contributed by atoms with Gasteiger partial charge in [-0.25, -0.2) is 9.07 Å². The van der Waals surface area contributed by atoms with Crippen molar-refractivity contribution in [3.8, 4) is 11.6 Å². The minimum absolute atomic E-state index is 0.0786. The first-order chi connectivity index (χ1) is 11.0. The average molecular weight is 319 g/mol. The number of hydrogen-bond donors (Lipinski definition) is 1. The molecule has 1 N–H and O–H groups in total. The molecule has 0 spiro atoms. The van der Waals surface area contributed by atoms with Crippen LogP contribution >= 0.6 is 0 Å². The van der Waals surface area contributed by atoms with E-state index in [1.165, 1.54) is 42.1 Å². The van der Waals surface area contributed by atoms with E-state index in [2.05, 4.69) is 10.4 Å². The monoisotopic (exact) mass is 319 g/mol. The lowest BCUT2D eigenvalue weighted by molar-refractivity contribution is 0.0931. The van der Waals surface area contributed by atoms with Gasteiger partial charge >= 0.3 is 0 Å². The maximum absolute atomic E-state index is 13.1. The third-order valence-corrected chi connectivity index (χ3v) is 3.38. The number of halogens is 1. The number of amides is 1. The normalized spacial score (nSPS) is 11.8. The van der Waals surface area contributed by atoms with Crippen LogP contribution in [0.4, 0.5) is 4.39 Å². The van der Waals surface area contributed by atoms with Crippen molar-refractivity contribution < 1.29 is 13.9 Å². The summed E-state index contributed by atoms with van der Waals surface area (Å²) in [6.45, 7) is 3.75. The van der Waals surface area contributed by atoms with Gasteiger partial charge in [-0.2, -0.15) is 5.10 Å². The van der Waals surface area contributed by atoms with E-state index in [0.29, 0.717) is 5.69 Å². The SMILES string of the molecule is CC[C@H](C)NC(=O)c1nn(-c2ccc(F)cc2)c(OC)cc1=O. The van der Waals surface area contributed by atoms with Crippen LogP contribution in [0.15, 0.2) is 35.1 Å². The van der Waals surface area contributed by atoms with Gasteiger partial charge in [0.05, 0.1) is 18.9 Å². The molecule has 0 bridgehead atoms. The summed E-state index contributed by atoms with van der Waals surface area (Å²) in [6, 6.07) is 6.57. The van der Waals surface area contributed by atoms with Crippen LogP contribution in [-0.4, -0.2) is 28.8 Å². The highest BCUT2D eigenvalue weighted by atomic mass is 19.1. The Kier molecular flexibility index (Phi) is 5.10. The Morgan fingerprint density at radius 2 is 2.04 bits per heavy atom. The Balaban J connectivity index is 2.50. The second kappa shape index (κ2) is 7.04. The fourth-order valence-electron chi connectivity index (χ4n) is 1.90. The summed E-state index contributed by atoms with van der Waals surface area (Å²) in [6.07, 6.45) is 0.730. The van der Waals surface area contributed by atoms with E-state index in [1.54, 1.807) is 0 Å². The number of hydrogen-bond acceptors (Lipinski definition) is 4. The molecule has 0 aliphatic rings. The number of nitrogens with zero attached hydrogens (tertiary/aromatic N) is 2. The van der Waals surface area contributed by atoms with Gasteiger partial charge in [0.2, 0.25) is 11.3 Å². The van der Waals surface area contributed by atoms with Crippen LogP contribution in [0.5, 0.6) is 5.88 Å². The number of carbonyl (C=O) groups is 1. The minimum Gasteiger partial charge on any atom is -0.481 e. The summed E-state index contributed by atoms with van der Waals surface area (Å²) in [4.78, 5) is 24.3. The zero-order chi connectivity index (χ0) is 17.0. The van der Waals surface area contributed by atoms with Crippen LogP contribution in [0, 0.1) is 5.82 Å². The largest absolute Gasteiger partial charge is 0.481 e. The third-order valence-electron chi connectivity index (χ3n) is 3.38. The Morgan fingerprint density at radius 1 is 1.39 bits per heavy atom. The molecule has 0 unspecified atom stereocenters. The number of rotatable bonds is 5. The van der Waals surface area contributed by atoms with Gasteiger partial charge in [0.25, 0.3) is 5.91 Å². The summed E-state index contributed by atoms with van der Waals surface area (Å²) < 4.78 is 19.5. The predicted octanol–water partition coefficient (Wildman–Crippen LogP) is 1.91. The molecule has 1 atom stereocenters. The molecule has 2 rings (SSSR count). The van der Waals surface area contributed by atoms with Crippen molar-refractivity contribution in [3.63, 3.8) is 0 Å². The lowest BCUT2D eigenvalue weighted by Gasteiger charge is -2.14. The highest BCUT2D eigenvalue weighted by molar-refractivity contribution is 5.92. The Morgan fingerprint density at radius 3 is 2.61 bits per heavy atom. The van der Waals surface area contributed by atoms with E-state index >= 15 is 0 Å². The number of ether oxygens (including phenoxy) is 1. The van der Waals surface area contributed by atoms with E-state index in [-0.39, 0.29) is 17.6 Å². The van der Waals surface area contributed by atoms with Crippen molar-refractivity contribution in [3.05, 3.63) is 52.1 Å². The summed E-state index contributed by atoms with van der Waals surface area (Å²) in [5.74, 6) is -0.798. The second-order valence-corrected chi connectivity index (χ2v) is 5.07. The van der Waals surface area contributed by atoms with Crippen LogP contribution in [0.3, 0.4) is 0 Å². The Labute approximate surface area is 132 Å². The fraction of sp³-hybridized carbons (Fsp3) is 0.312. The van der Waals surface area contributed by atoms with E-state index in [9.17, 15) is 14.0 Å². The highest BCUT2D eigenvalue weighted by Crippen LogP contribution is 2.15. The third kappa shape index (κ3) is 3.74. The second-order valence-electron chi connectivity index (χ2n) is 5.07.